The normalized spacial score (nSPS) is 18.9. The third-order valence-corrected chi connectivity index (χ3v) is 2.32. The van der Waals surface area contributed by atoms with Crippen LogP contribution in [0, 0.1) is 0 Å². The Hall–Kier alpha value is -1.52. The molecule has 0 aliphatic carbocycles. The highest BCUT2D eigenvalue weighted by atomic mass is 19.4. The highest BCUT2D eigenvalue weighted by Gasteiger charge is 2.58. The summed E-state index contributed by atoms with van der Waals surface area (Å²) in [5.74, 6) is -4.18. The zero-order valence-corrected chi connectivity index (χ0v) is 9.01. The van der Waals surface area contributed by atoms with Crippen LogP contribution in [0.3, 0.4) is 0 Å². The number of halogens is 6. The Labute approximate surface area is 101 Å². The Morgan fingerprint density at radius 2 is 1.63 bits per heavy atom. The average Bonchev–Trinajstić information content (AvgIpc) is 2.11. The monoisotopic (exact) mass is 295 g/mol. The molecule has 0 radical (unpaired) electrons. The number of carboxylic acids is 1. The molecule has 0 aromatic rings. The number of hydrogen-bond donors (Lipinski definition) is 1. The Kier molecular flexibility index (Phi) is 3.72. The third kappa shape index (κ3) is 3.49. The molecule has 1 fully saturated rings. The van der Waals surface area contributed by atoms with E-state index in [4.69, 9.17) is 5.11 Å². The summed E-state index contributed by atoms with van der Waals surface area (Å²) in [7, 11) is 0. The molecule has 1 saturated heterocycles. The van der Waals surface area contributed by atoms with Crippen LogP contribution in [0.5, 0.6) is 0 Å². The number of ether oxygens (including phenoxy) is 1. The average molecular weight is 295 g/mol. The van der Waals surface area contributed by atoms with E-state index in [0.717, 1.165) is 0 Å². The molecule has 0 aromatic carbocycles. The van der Waals surface area contributed by atoms with Crippen LogP contribution in [0.1, 0.15) is 0 Å². The fourth-order valence-corrected chi connectivity index (χ4v) is 1.40. The van der Waals surface area contributed by atoms with Gasteiger partial charge in [-0.1, -0.05) is 0 Å². The Morgan fingerprint density at radius 3 is 1.95 bits per heavy atom. The van der Waals surface area contributed by atoms with E-state index in [2.05, 4.69) is 4.74 Å². The van der Waals surface area contributed by atoms with Crippen molar-refractivity contribution in [2.75, 3.05) is 19.7 Å². The first-order chi connectivity index (χ1) is 8.37. The molecule has 110 valence electrons. The number of nitrogens with zero attached hydrogens (tertiary/aromatic N) is 1. The lowest BCUT2D eigenvalue weighted by atomic mass is 9.93. The second-order valence-electron chi connectivity index (χ2n) is 3.86. The van der Waals surface area contributed by atoms with Crippen molar-refractivity contribution in [1.29, 1.82) is 0 Å². The van der Waals surface area contributed by atoms with E-state index in [1.54, 1.807) is 0 Å². The summed E-state index contributed by atoms with van der Waals surface area (Å²) in [6.07, 6.45) is -10.0. The van der Waals surface area contributed by atoms with E-state index in [-0.39, 0.29) is 4.90 Å². The lowest BCUT2D eigenvalue weighted by Crippen LogP contribution is -2.70. The number of aliphatic carboxylic acids is 1. The van der Waals surface area contributed by atoms with Crippen molar-refractivity contribution in [3.63, 3.8) is 0 Å². The van der Waals surface area contributed by atoms with Crippen LogP contribution < -0.4 is 0 Å². The number of amides is 1. The van der Waals surface area contributed by atoms with Crippen molar-refractivity contribution in [2.45, 2.75) is 18.0 Å². The first-order valence-electron chi connectivity index (χ1n) is 4.68. The van der Waals surface area contributed by atoms with Gasteiger partial charge in [0.1, 0.15) is 6.61 Å². The van der Waals surface area contributed by atoms with Crippen LogP contribution in [0.15, 0.2) is 0 Å². The van der Waals surface area contributed by atoms with Gasteiger partial charge in [-0.3, -0.25) is 4.79 Å². The molecule has 1 heterocycles. The van der Waals surface area contributed by atoms with Gasteiger partial charge in [-0.05, 0) is 0 Å². The molecule has 1 N–H and O–H groups in total. The standard InChI is InChI=1S/C8H7F6NO4/c9-7(10,11)3-19-6(5(17)18)1-15(2-6)4(16)8(12,13)14/h1-3H2,(H,17,18). The zero-order valence-electron chi connectivity index (χ0n) is 9.01. The third-order valence-electron chi connectivity index (χ3n) is 2.32. The molecule has 1 rings (SSSR count). The molecular formula is C8H7F6NO4. The highest BCUT2D eigenvalue weighted by Crippen LogP contribution is 2.32. The molecule has 0 bridgehead atoms. The second-order valence-corrected chi connectivity index (χ2v) is 3.86. The van der Waals surface area contributed by atoms with Crippen molar-refractivity contribution < 1.29 is 45.8 Å². The summed E-state index contributed by atoms with van der Waals surface area (Å²) in [6.45, 7) is -4.10. The van der Waals surface area contributed by atoms with Gasteiger partial charge in [0.15, 0.2) is 5.60 Å². The predicted octanol–water partition coefficient (Wildman–Crippen LogP) is 0.793. The van der Waals surface area contributed by atoms with Gasteiger partial charge in [0, 0.05) is 0 Å². The van der Waals surface area contributed by atoms with E-state index in [1.165, 1.54) is 0 Å². The van der Waals surface area contributed by atoms with E-state index in [9.17, 15) is 35.9 Å². The summed E-state index contributed by atoms with van der Waals surface area (Å²) < 4.78 is 75.7. The highest BCUT2D eigenvalue weighted by molar-refractivity contribution is 5.88. The lowest BCUT2D eigenvalue weighted by molar-refractivity contribution is -0.243. The Bertz CT molecular complexity index is 384. The zero-order chi connectivity index (χ0) is 15.1. The van der Waals surface area contributed by atoms with Crippen LogP contribution in [0.2, 0.25) is 0 Å². The number of rotatable bonds is 3. The quantitative estimate of drug-likeness (QED) is 0.782. The summed E-state index contributed by atoms with van der Waals surface area (Å²) in [5, 5.41) is 8.67. The van der Waals surface area contributed by atoms with Crippen molar-refractivity contribution in [3.8, 4) is 0 Å². The fraction of sp³-hybridized carbons (Fsp3) is 0.750. The maximum absolute atomic E-state index is 12.0. The summed E-state index contributed by atoms with van der Waals surface area (Å²) in [5.41, 5.74) is -2.45. The molecule has 0 atom stereocenters. The van der Waals surface area contributed by atoms with Crippen LogP contribution in [0.4, 0.5) is 26.3 Å². The number of carboxylic acid groups (broad SMARTS) is 1. The van der Waals surface area contributed by atoms with Crippen LogP contribution in [-0.4, -0.2) is 59.5 Å². The second kappa shape index (κ2) is 4.54. The first-order valence-corrected chi connectivity index (χ1v) is 4.68. The van der Waals surface area contributed by atoms with Crippen molar-refractivity contribution in [3.05, 3.63) is 0 Å². The van der Waals surface area contributed by atoms with Crippen LogP contribution in [0.25, 0.3) is 0 Å². The van der Waals surface area contributed by atoms with Gasteiger partial charge in [0.2, 0.25) is 0 Å². The topological polar surface area (TPSA) is 66.8 Å². The molecule has 1 aliphatic heterocycles. The minimum atomic E-state index is -5.21. The van der Waals surface area contributed by atoms with Crippen molar-refractivity contribution >= 4 is 11.9 Å². The number of likely N-dealkylation sites (tertiary alicyclic amines) is 1. The number of hydrogen-bond acceptors (Lipinski definition) is 3. The molecule has 0 spiro atoms. The summed E-state index contributed by atoms with van der Waals surface area (Å²) in [4.78, 5) is 21.5. The van der Waals surface area contributed by atoms with Gasteiger partial charge in [0.05, 0.1) is 13.1 Å². The molecular weight excluding hydrogens is 288 g/mol. The summed E-state index contributed by atoms with van der Waals surface area (Å²) in [6, 6.07) is 0. The molecule has 5 nitrogen and oxygen atoms in total. The molecule has 0 aromatic heterocycles. The predicted molar refractivity (Wildman–Crippen MR) is 45.0 cm³/mol. The lowest BCUT2D eigenvalue weighted by Gasteiger charge is -2.46. The maximum Gasteiger partial charge on any atom is 0.471 e. The largest absolute Gasteiger partial charge is 0.479 e. The Balaban J connectivity index is 2.67. The van der Waals surface area contributed by atoms with E-state index in [0.29, 0.717) is 0 Å². The molecule has 1 aliphatic rings. The molecule has 19 heavy (non-hydrogen) atoms. The van der Waals surface area contributed by atoms with Crippen LogP contribution >= 0.6 is 0 Å². The Morgan fingerprint density at radius 1 is 1.16 bits per heavy atom. The molecule has 11 heteroatoms. The van der Waals surface area contributed by atoms with Gasteiger partial charge in [-0.15, -0.1) is 0 Å². The van der Waals surface area contributed by atoms with E-state index < -0.39 is 49.5 Å². The van der Waals surface area contributed by atoms with Gasteiger partial charge < -0.3 is 14.7 Å². The number of alkyl halides is 6. The van der Waals surface area contributed by atoms with Gasteiger partial charge in [-0.25, -0.2) is 4.79 Å². The smallest absolute Gasteiger partial charge is 0.471 e. The van der Waals surface area contributed by atoms with Gasteiger partial charge >= 0.3 is 24.2 Å². The van der Waals surface area contributed by atoms with E-state index >= 15 is 0 Å². The fourth-order valence-electron chi connectivity index (χ4n) is 1.40. The maximum atomic E-state index is 12.0. The molecule has 0 unspecified atom stereocenters. The minimum Gasteiger partial charge on any atom is -0.479 e. The molecule has 1 amide bonds. The number of carbonyl (C=O) groups excluding carboxylic acids is 1. The van der Waals surface area contributed by atoms with E-state index in [1.807, 2.05) is 0 Å². The molecule has 0 saturated carbocycles. The number of carbonyl (C=O) groups is 2. The summed E-state index contributed by atoms with van der Waals surface area (Å²) >= 11 is 0. The van der Waals surface area contributed by atoms with Gasteiger partial charge in [-0.2, -0.15) is 26.3 Å². The SMILES string of the molecule is O=C(N1CC(OCC(F)(F)F)(C(=O)O)C1)C(F)(F)F. The van der Waals surface area contributed by atoms with Crippen molar-refractivity contribution in [2.24, 2.45) is 0 Å². The van der Waals surface area contributed by atoms with Gasteiger partial charge in [0.25, 0.3) is 0 Å². The minimum absolute atomic E-state index is 0.0600. The van der Waals surface area contributed by atoms with Crippen LogP contribution in [-0.2, 0) is 14.3 Å². The van der Waals surface area contributed by atoms with Crippen molar-refractivity contribution in [1.82, 2.24) is 4.90 Å². The first kappa shape index (κ1) is 15.5.